The lowest BCUT2D eigenvalue weighted by atomic mass is 9.87. The van der Waals surface area contributed by atoms with Crippen LogP contribution < -0.4 is 10.6 Å². The van der Waals surface area contributed by atoms with E-state index >= 15 is 0 Å². The van der Waals surface area contributed by atoms with Gasteiger partial charge in [-0.1, -0.05) is 12.1 Å². The molecule has 0 aliphatic carbocycles. The van der Waals surface area contributed by atoms with Crippen LogP contribution in [-0.4, -0.2) is 18.6 Å². The molecule has 1 aromatic rings. The molecular formula is C14H20N2. The van der Waals surface area contributed by atoms with Gasteiger partial charge in [-0.2, -0.15) is 0 Å². The van der Waals surface area contributed by atoms with E-state index in [9.17, 15) is 0 Å². The van der Waals surface area contributed by atoms with Crippen molar-refractivity contribution in [1.29, 1.82) is 0 Å². The Hall–Kier alpha value is -1.02. The van der Waals surface area contributed by atoms with Gasteiger partial charge in [0, 0.05) is 24.3 Å². The monoisotopic (exact) mass is 216 g/mol. The van der Waals surface area contributed by atoms with Crippen LogP contribution in [0.2, 0.25) is 0 Å². The zero-order chi connectivity index (χ0) is 11.1. The van der Waals surface area contributed by atoms with Crippen LogP contribution in [0.5, 0.6) is 0 Å². The van der Waals surface area contributed by atoms with Gasteiger partial charge in [-0.25, -0.2) is 0 Å². The summed E-state index contributed by atoms with van der Waals surface area (Å²) in [5.41, 5.74) is 10.4. The van der Waals surface area contributed by atoms with Gasteiger partial charge in [0.25, 0.3) is 0 Å². The highest BCUT2D eigenvalue weighted by atomic mass is 15.2. The number of anilines is 1. The summed E-state index contributed by atoms with van der Waals surface area (Å²) in [6.07, 6.45) is 4.82. The zero-order valence-electron chi connectivity index (χ0n) is 9.95. The number of aryl methyl sites for hydroxylation is 2. The molecule has 16 heavy (non-hydrogen) atoms. The van der Waals surface area contributed by atoms with Gasteiger partial charge < -0.3 is 10.6 Å². The fraction of sp³-hybridized carbons (Fsp3) is 0.571. The molecule has 0 spiro atoms. The molecule has 1 saturated heterocycles. The van der Waals surface area contributed by atoms with Crippen molar-refractivity contribution < 1.29 is 0 Å². The van der Waals surface area contributed by atoms with Crippen LogP contribution in [0.1, 0.15) is 30.4 Å². The van der Waals surface area contributed by atoms with E-state index in [1.807, 2.05) is 0 Å². The van der Waals surface area contributed by atoms with Gasteiger partial charge in [0.2, 0.25) is 0 Å². The van der Waals surface area contributed by atoms with Crippen molar-refractivity contribution in [3.8, 4) is 0 Å². The molecule has 0 radical (unpaired) electrons. The number of hydrogen-bond acceptors (Lipinski definition) is 2. The predicted octanol–water partition coefficient (Wildman–Crippen LogP) is 2.24. The Morgan fingerprint density at radius 3 is 3.06 bits per heavy atom. The molecule has 2 heterocycles. The van der Waals surface area contributed by atoms with Crippen molar-refractivity contribution >= 4 is 5.69 Å². The lowest BCUT2D eigenvalue weighted by Gasteiger charge is -2.44. The van der Waals surface area contributed by atoms with Crippen LogP contribution in [0.3, 0.4) is 0 Å². The van der Waals surface area contributed by atoms with Gasteiger partial charge in [0.15, 0.2) is 0 Å². The normalized spacial score (nSPS) is 28.5. The van der Waals surface area contributed by atoms with Crippen molar-refractivity contribution in [3.05, 3.63) is 29.3 Å². The lowest BCUT2D eigenvalue weighted by molar-refractivity contribution is 0.384. The number of benzene rings is 1. The van der Waals surface area contributed by atoms with E-state index in [0.29, 0.717) is 12.1 Å². The maximum Gasteiger partial charge on any atom is 0.0403 e. The predicted molar refractivity (Wildman–Crippen MR) is 67.8 cm³/mol. The molecule has 2 aliphatic heterocycles. The maximum atomic E-state index is 6.06. The molecule has 3 rings (SSSR count). The van der Waals surface area contributed by atoms with Gasteiger partial charge in [0.1, 0.15) is 0 Å². The van der Waals surface area contributed by atoms with Crippen molar-refractivity contribution in [1.82, 2.24) is 0 Å². The quantitative estimate of drug-likeness (QED) is 0.720. The lowest BCUT2D eigenvalue weighted by Crippen LogP contribution is -2.49. The third-order valence-electron chi connectivity index (χ3n) is 4.05. The molecule has 0 amide bonds. The third kappa shape index (κ3) is 1.61. The standard InChI is InChI=1S/C14H20N2/c1-10-2-3-11-4-5-13-9-12(15)6-7-16(13)14(11)8-10/h2-3,8,12-13H,4-7,9,15H2,1H3. The summed E-state index contributed by atoms with van der Waals surface area (Å²) >= 11 is 0. The molecule has 0 bridgehead atoms. The number of nitrogens with zero attached hydrogens (tertiary/aromatic N) is 1. The SMILES string of the molecule is Cc1ccc2c(c1)N1CCC(N)CC1CC2. The van der Waals surface area contributed by atoms with Crippen molar-refractivity contribution in [2.75, 3.05) is 11.4 Å². The number of piperidine rings is 1. The average molecular weight is 216 g/mol. The number of nitrogens with two attached hydrogens (primary N) is 1. The first-order valence-electron chi connectivity index (χ1n) is 6.36. The highest BCUT2D eigenvalue weighted by molar-refractivity contribution is 5.58. The van der Waals surface area contributed by atoms with E-state index < -0.39 is 0 Å². The minimum atomic E-state index is 0.424. The molecule has 2 N–H and O–H groups in total. The van der Waals surface area contributed by atoms with Crippen LogP contribution in [0, 0.1) is 6.92 Å². The van der Waals surface area contributed by atoms with Crippen molar-refractivity contribution in [2.45, 2.75) is 44.7 Å². The number of fused-ring (bicyclic) bond motifs is 3. The third-order valence-corrected chi connectivity index (χ3v) is 4.05. The second-order valence-corrected chi connectivity index (χ2v) is 5.30. The van der Waals surface area contributed by atoms with Gasteiger partial charge >= 0.3 is 0 Å². The Balaban J connectivity index is 1.96. The van der Waals surface area contributed by atoms with Crippen LogP contribution in [0.4, 0.5) is 5.69 Å². The highest BCUT2D eigenvalue weighted by Crippen LogP contribution is 2.35. The van der Waals surface area contributed by atoms with Crippen LogP contribution in [0.15, 0.2) is 18.2 Å². The van der Waals surface area contributed by atoms with E-state index in [2.05, 4.69) is 30.0 Å². The number of hydrogen-bond donors (Lipinski definition) is 1. The summed E-state index contributed by atoms with van der Waals surface area (Å²) in [7, 11) is 0. The minimum absolute atomic E-state index is 0.424. The number of rotatable bonds is 0. The molecule has 2 atom stereocenters. The zero-order valence-corrected chi connectivity index (χ0v) is 9.95. The fourth-order valence-corrected chi connectivity index (χ4v) is 3.15. The summed E-state index contributed by atoms with van der Waals surface area (Å²) in [5, 5.41) is 0. The van der Waals surface area contributed by atoms with Crippen molar-refractivity contribution in [3.63, 3.8) is 0 Å². The Morgan fingerprint density at radius 2 is 2.19 bits per heavy atom. The van der Waals surface area contributed by atoms with E-state index in [4.69, 9.17) is 5.73 Å². The van der Waals surface area contributed by atoms with Gasteiger partial charge in [-0.15, -0.1) is 0 Å². The minimum Gasteiger partial charge on any atom is -0.368 e. The van der Waals surface area contributed by atoms with E-state index in [1.165, 1.54) is 36.1 Å². The van der Waals surface area contributed by atoms with Crippen molar-refractivity contribution in [2.24, 2.45) is 5.73 Å². The smallest absolute Gasteiger partial charge is 0.0403 e. The highest BCUT2D eigenvalue weighted by Gasteiger charge is 2.31. The molecule has 1 aromatic carbocycles. The summed E-state index contributed by atoms with van der Waals surface area (Å²) in [4.78, 5) is 2.59. The first kappa shape index (κ1) is 10.2. The van der Waals surface area contributed by atoms with Gasteiger partial charge in [-0.3, -0.25) is 0 Å². The van der Waals surface area contributed by atoms with E-state index in [1.54, 1.807) is 0 Å². The largest absolute Gasteiger partial charge is 0.368 e. The molecule has 2 heteroatoms. The summed E-state index contributed by atoms with van der Waals surface area (Å²) in [6, 6.07) is 7.99. The first-order valence-corrected chi connectivity index (χ1v) is 6.36. The fourth-order valence-electron chi connectivity index (χ4n) is 3.15. The molecule has 2 nitrogen and oxygen atoms in total. The van der Waals surface area contributed by atoms with Crippen LogP contribution in [0.25, 0.3) is 0 Å². The van der Waals surface area contributed by atoms with Gasteiger partial charge in [0.05, 0.1) is 0 Å². The van der Waals surface area contributed by atoms with Crippen LogP contribution in [-0.2, 0) is 6.42 Å². The summed E-state index contributed by atoms with van der Waals surface area (Å²) in [6.45, 7) is 3.32. The second-order valence-electron chi connectivity index (χ2n) is 5.30. The Morgan fingerprint density at radius 1 is 1.31 bits per heavy atom. The maximum absolute atomic E-state index is 6.06. The van der Waals surface area contributed by atoms with Crippen LogP contribution >= 0.6 is 0 Å². The molecular weight excluding hydrogens is 196 g/mol. The second kappa shape index (κ2) is 3.77. The Labute approximate surface area is 97.4 Å². The Kier molecular flexibility index (Phi) is 2.40. The molecule has 0 aromatic heterocycles. The summed E-state index contributed by atoms with van der Waals surface area (Å²) < 4.78 is 0. The summed E-state index contributed by atoms with van der Waals surface area (Å²) in [5.74, 6) is 0. The van der Waals surface area contributed by atoms with E-state index in [0.717, 1.165) is 13.0 Å². The molecule has 0 saturated carbocycles. The molecule has 2 aliphatic rings. The van der Waals surface area contributed by atoms with E-state index in [-0.39, 0.29) is 0 Å². The average Bonchev–Trinajstić information content (AvgIpc) is 2.28. The molecule has 1 fully saturated rings. The van der Waals surface area contributed by atoms with Gasteiger partial charge in [-0.05, 0) is 49.8 Å². The molecule has 2 unspecified atom stereocenters. The first-order chi connectivity index (χ1) is 7.74. The topological polar surface area (TPSA) is 29.3 Å². The Bertz CT molecular complexity index is 400. The molecule has 86 valence electrons.